The third kappa shape index (κ3) is 8.64. The van der Waals surface area contributed by atoms with Crippen molar-refractivity contribution in [2.45, 2.75) is 26.8 Å². The van der Waals surface area contributed by atoms with E-state index in [2.05, 4.69) is 10.6 Å². The van der Waals surface area contributed by atoms with E-state index in [-0.39, 0.29) is 24.2 Å². The number of nitrogens with zero attached hydrogens (tertiary/aromatic N) is 1. The Kier molecular flexibility index (Phi) is 11.1. The Morgan fingerprint density at radius 3 is 2.41 bits per heavy atom. The monoisotopic (exact) mass is 327 g/mol. The van der Waals surface area contributed by atoms with E-state index >= 15 is 0 Å². The highest BCUT2D eigenvalue weighted by atomic mass is 35.5. The van der Waals surface area contributed by atoms with Crippen molar-refractivity contribution < 1.29 is 9.59 Å². The Balaban J connectivity index is 0.00000441. The van der Waals surface area contributed by atoms with E-state index in [1.165, 1.54) is 6.92 Å². The van der Waals surface area contributed by atoms with Crippen LogP contribution in [0.2, 0.25) is 0 Å². The lowest BCUT2D eigenvalue weighted by molar-refractivity contribution is -0.130. The molecule has 0 aliphatic rings. The van der Waals surface area contributed by atoms with E-state index < -0.39 is 0 Å². The molecule has 5 nitrogen and oxygen atoms in total. The Bertz CT molecular complexity index is 440. The standard InChI is InChI=1S/C16H25N3O2.ClH/c1-3-17-10-11-18-16(21)9-12-19(14(2)20)13-15-7-5-4-6-8-15;/h4-8,17H,3,9-13H2,1-2H3,(H,18,21);1H. The zero-order chi connectivity index (χ0) is 15.5. The molecular formula is C16H26ClN3O2. The van der Waals surface area contributed by atoms with Gasteiger partial charge in [0.15, 0.2) is 0 Å². The average Bonchev–Trinajstić information content (AvgIpc) is 2.48. The van der Waals surface area contributed by atoms with Gasteiger partial charge in [0.1, 0.15) is 0 Å². The van der Waals surface area contributed by atoms with E-state index in [9.17, 15) is 9.59 Å². The molecule has 0 aromatic heterocycles. The van der Waals surface area contributed by atoms with E-state index in [1.807, 2.05) is 37.3 Å². The molecule has 0 fully saturated rings. The van der Waals surface area contributed by atoms with Crippen LogP contribution in [0.1, 0.15) is 25.8 Å². The fraction of sp³-hybridized carbons (Fsp3) is 0.500. The number of halogens is 1. The summed E-state index contributed by atoms with van der Waals surface area (Å²) < 4.78 is 0. The van der Waals surface area contributed by atoms with Crippen LogP contribution in [0.25, 0.3) is 0 Å². The van der Waals surface area contributed by atoms with Gasteiger partial charge in [0, 0.05) is 39.5 Å². The Hall–Kier alpha value is -1.59. The van der Waals surface area contributed by atoms with Crippen molar-refractivity contribution in [1.82, 2.24) is 15.5 Å². The molecule has 124 valence electrons. The van der Waals surface area contributed by atoms with Gasteiger partial charge in [-0.1, -0.05) is 37.3 Å². The lowest BCUT2D eigenvalue weighted by atomic mass is 10.2. The van der Waals surface area contributed by atoms with Gasteiger partial charge in [0.2, 0.25) is 11.8 Å². The van der Waals surface area contributed by atoms with Crippen molar-refractivity contribution in [3.63, 3.8) is 0 Å². The second kappa shape index (κ2) is 12.0. The molecule has 0 saturated heterocycles. The molecule has 2 N–H and O–H groups in total. The van der Waals surface area contributed by atoms with Gasteiger partial charge in [-0.25, -0.2) is 0 Å². The lowest BCUT2D eigenvalue weighted by Gasteiger charge is -2.21. The molecule has 0 aliphatic carbocycles. The molecule has 0 spiro atoms. The highest BCUT2D eigenvalue weighted by Gasteiger charge is 2.11. The number of carbonyl (C=O) groups is 2. The van der Waals surface area contributed by atoms with Gasteiger partial charge in [0.05, 0.1) is 0 Å². The first-order valence-electron chi connectivity index (χ1n) is 7.40. The smallest absolute Gasteiger partial charge is 0.221 e. The van der Waals surface area contributed by atoms with Crippen molar-refractivity contribution >= 4 is 24.2 Å². The first-order chi connectivity index (χ1) is 10.1. The van der Waals surface area contributed by atoms with Crippen molar-refractivity contribution in [2.75, 3.05) is 26.2 Å². The molecular weight excluding hydrogens is 302 g/mol. The summed E-state index contributed by atoms with van der Waals surface area (Å²) in [5.41, 5.74) is 1.07. The molecule has 1 rings (SSSR count). The third-order valence-corrected chi connectivity index (χ3v) is 3.14. The predicted octanol–water partition coefficient (Wildman–Crippen LogP) is 1.57. The third-order valence-electron chi connectivity index (χ3n) is 3.14. The van der Waals surface area contributed by atoms with Crippen LogP contribution in [-0.4, -0.2) is 42.9 Å². The fourth-order valence-corrected chi connectivity index (χ4v) is 1.94. The maximum absolute atomic E-state index is 11.7. The summed E-state index contributed by atoms with van der Waals surface area (Å²) in [6.45, 7) is 6.82. The first-order valence-corrected chi connectivity index (χ1v) is 7.40. The summed E-state index contributed by atoms with van der Waals surface area (Å²) in [6, 6.07) is 9.79. The Morgan fingerprint density at radius 2 is 1.82 bits per heavy atom. The van der Waals surface area contributed by atoms with Crippen LogP contribution in [0.5, 0.6) is 0 Å². The van der Waals surface area contributed by atoms with Crippen LogP contribution in [0.15, 0.2) is 30.3 Å². The van der Waals surface area contributed by atoms with Crippen LogP contribution in [0.3, 0.4) is 0 Å². The second-order valence-corrected chi connectivity index (χ2v) is 4.88. The summed E-state index contributed by atoms with van der Waals surface area (Å²) in [4.78, 5) is 25.0. The summed E-state index contributed by atoms with van der Waals surface area (Å²) in [5.74, 6) is -0.0356. The quantitative estimate of drug-likeness (QED) is 0.677. The van der Waals surface area contributed by atoms with Gasteiger partial charge < -0.3 is 15.5 Å². The van der Waals surface area contributed by atoms with Gasteiger partial charge in [-0.15, -0.1) is 12.4 Å². The SMILES string of the molecule is CCNCCNC(=O)CCN(Cc1ccccc1)C(C)=O.Cl. The average molecular weight is 328 g/mol. The molecule has 0 heterocycles. The maximum atomic E-state index is 11.7. The van der Waals surface area contributed by atoms with Crippen LogP contribution in [0, 0.1) is 0 Å². The molecule has 6 heteroatoms. The summed E-state index contributed by atoms with van der Waals surface area (Å²) >= 11 is 0. The van der Waals surface area contributed by atoms with Gasteiger partial charge >= 0.3 is 0 Å². The highest BCUT2D eigenvalue weighted by molar-refractivity contribution is 5.85. The largest absolute Gasteiger partial charge is 0.355 e. The number of benzene rings is 1. The van der Waals surface area contributed by atoms with E-state index in [0.717, 1.165) is 18.7 Å². The zero-order valence-electron chi connectivity index (χ0n) is 13.3. The highest BCUT2D eigenvalue weighted by Crippen LogP contribution is 2.05. The normalized spacial score (nSPS) is 9.73. The van der Waals surface area contributed by atoms with Crippen molar-refractivity contribution in [2.24, 2.45) is 0 Å². The van der Waals surface area contributed by atoms with Crippen molar-refractivity contribution in [3.8, 4) is 0 Å². The number of amides is 2. The zero-order valence-corrected chi connectivity index (χ0v) is 14.1. The summed E-state index contributed by atoms with van der Waals surface area (Å²) in [6.07, 6.45) is 0.332. The van der Waals surface area contributed by atoms with Crippen molar-refractivity contribution in [1.29, 1.82) is 0 Å². The number of likely N-dealkylation sites (N-methyl/N-ethyl adjacent to an activating group) is 1. The topological polar surface area (TPSA) is 61.4 Å². The minimum Gasteiger partial charge on any atom is -0.355 e. The molecule has 0 unspecified atom stereocenters. The second-order valence-electron chi connectivity index (χ2n) is 4.88. The van der Waals surface area contributed by atoms with Crippen LogP contribution < -0.4 is 10.6 Å². The Labute approximate surface area is 138 Å². The van der Waals surface area contributed by atoms with Crippen LogP contribution in [-0.2, 0) is 16.1 Å². The summed E-state index contributed by atoms with van der Waals surface area (Å²) in [7, 11) is 0. The van der Waals surface area contributed by atoms with Crippen molar-refractivity contribution in [3.05, 3.63) is 35.9 Å². The minimum absolute atomic E-state index is 0. The summed E-state index contributed by atoms with van der Waals surface area (Å²) in [5, 5.41) is 5.98. The molecule has 1 aromatic rings. The number of rotatable bonds is 9. The predicted molar refractivity (Wildman–Crippen MR) is 91.0 cm³/mol. The van der Waals surface area contributed by atoms with Crippen LogP contribution >= 0.6 is 12.4 Å². The number of carbonyl (C=O) groups excluding carboxylic acids is 2. The molecule has 1 aromatic carbocycles. The van der Waals surface area contributed by atoms with Gasteiger partial charge in [-0.05, 0) is 12.1 Å². The fourth-order valence-electron chi connectivity index (χ4n) is 1.94. The number of nitrogens with one attached hydrogen (secondary N) is 2. The molecule has 22 heavy (non-hydrogen) atoms. The van der Waals surface area contributed by atoms with E-state index in [4.69, 9.17) is 0 Å². The van der Waals surface area contributed by atoms with Gasteiger partial charge in [-0.2, -0.15) is 0 Å². The van der Waals surface area contributed by atoms with E-state index in [0.29, 0.717) is 26.1 Å². The minimum atomic E-state index is -0.0211. The van der Waals surface area contributed by atoms with E-state index in [1.54, 1.807) is 4.90 Å². The molecule has 0 bridgehead atoms. The van der Waals surface area contributed by atoms with Crippen LogP contribution in [0.4, 0.5) is 0 Å². The first kappa shape index (κ1) is 20.4. The number of hydrogen-bond acceptors (Lipinski definition) is 3. The molecule has 0 radical (unpaired) electrons. The van der Waals surface area contributed by atoms with Gasteiger partial charge in [0.25, 0.3) is 0 Å². The number of hydrogen-bond donors (Lipinski definition) is 2. The Morgan fingerprint density at radius 1 is 1.14 bits per heavy atom. The molecule has 0 saturated carbocycles. The molecule has 0 atom stereocenters. The van der Waals surface area contributed by atoms with Gasteiger partial charge in [-0.3, -0.25) is 9.59 Å². The maximum Gasteiger partial charge on any atom is 0.221 e. The molecule has 0 aliphatic heterocycles. The molecule has 2 amide bonds. The lowest BCUT2D eigenvalue weighted by Crippen LogP contribution is -2.35.